The molecule has 2 N–H and O–H groups in total. The SMILES string of the molecule is CCCC1(C(=O)N(C)C(C)(C)C(=O)O)CCCNC1. The van der Waals surface area contributed by atoms with Gasteiger partial charge in [0.05, 0.1) is 5.41 Å². The van der Waals surface area contributed by atoms with E-state index in [-0.39, 0.29) is 5.91 Å². The van der Waals surface area contributed by atoms with Crippen molar-refractivity contribution in [1.29, 1.82) is 0 Å². The maximum atomic E-state index is 12.8. The Hall–Kier alpha value is -1.10. The van der Waals surface area contributed by atoms with Gasteiger partial charge in [-0.15, -0.1) is 0 Å². The number of hydrogen-bond donors (Lipinski definition) is 2. The Bertz CT molecular complexity index is 341. The summed E-state index contributed by atoms with van der Waals surface area (Å²) in [6.45, 7) is 6.79. The molecule has 0 aromatic carbocycles. The Morgan fingerprint density at radius 2 is 2.05 bits per heavy atom. The second-order valence-electron chi connectivity index (χ2n) is 6.04. The molecule has 0 aliphatic carbocycles. The molecular weight excluding hydrogens is 244 g/mol. The van der Waals surface area contributed by atoms with Gasteiger partial charge in [0.2, 0.25) is 5.91 Å². The maximum Gasteiger partial charge on any atom is 0.329 e. The van der Waals surface area contributed by atoms with Gasteiger partial charge >= 0.3 is 5.97 Å². The summed E-state index contributed by atoms with van der Waals surface area (Å²) < 4.78 is 0. The Morgan fingerprint density at radius 1 is 1.42 bits per heavy atom. The first-order chi connectivity index (χ1) is 8.78. The quantitative estimate of drug-likeness (QED) is 0.794. The molecule has 110 valence electrons. The molecule has 5 nitrogen and oxygen atoms in total. The minimum Gasteiger partial charge on any atom is -0.480 e. The first-order valence-corrected chi connectivity index (χ1v) is 7.00. The van der Waals surface area contributed by atoms with Crippen molar-refractivity contribution in [3.63, 3.8) is 0 Å². The van der Waals surface area contributed by atoms with Crippen LogP contribution in [0.3, 0.4) is 0 Å². The third kappa shape index (κ3) is 3.08. The van der Waals surface area contributed by atoms with Crippen molar-refractivity contribution in [2.75, 3.05) is 20.1 Å². The lowest BCUT2D eigenvalue weighted by Gasteiger charge is -2.42. The second kappa shape index (κ2) is 5.90. The first kappa shape index (κ1) is 16.0. The minimum atomic E-state index is -1.17. The van der Waals surface area contributed by atoms with E-state index < -0.39 is 16.9 Å². The number of nitrogens with zero attached hydrogens (tertiary/aromatic N) is 1. The summed E-state index contributed by atoms with van der Waals surface area (Å²) in [7, 11) is 1.60. The third-order valence-electron chi connectivity index (χ3n) is 4.32. The number of carbonyl (C=O) groups excluding carboxylic acids is 1. The van der Waals surface area contributed by atoms with Crippen LogP contribution in [0.5, 0.6) is 0 Å². The van der Waals surface area contributed by atoms with Crippen LogP contribution in [-0.2, 0) is 9.59 Å². The lowest BCUT2D eigenvalue weighted by molar-refractivity contribution is -0.161. The van der Waals surface area contributed by atoms with Gasteiger partial charge in [-0.2, -0.15) is 0 Å². The molecule has 0 radical (unpaired) electrons. The van der Waals surface area contributed by atoms with Gasteiger partial charge in [0.25, 0.3) is 0 Å². The van der Waals surface area contributed by atoms with Crippen molar-refractivity contribution in [3.05, 3.63) is 0 Å². The maximum absolute atomic E-state index is 12.8. The van der Waals surface area contributed by atoms with E-state index >= 15 is 0 Å². The Labute approximate surface area is 115 Å². The van der Waals surface area contributed by atoms with E-state index in [9.17, 15) is 14.7 Å². The summed E-state index contributed by atoms with van der Waals surface area (Å²) in [5, 5.41) is 12.5. The molecule has 19 heavy (non-hydrogen) atoms. The fraction of sp³-hybridized carbons (Fsp3) is 0.857. The molecule has 1 fully saturated rings. The summed E-state index contributed by atoms with van der Waals surface area (Å²) in [5.74, 6) is -1.02. The molecule has 5 heteroatoms. The molecule has 1 aliphatic rings. The van der Waals surface area contributed by atoms with Gasteiger partial charge in [0, 0.05) is 13.6 Å². The molecule has 0 aromatic rings. The molecule has 1 unspecified atom stereocenters. The summed E-state index contributed by atoms with van der Waals surface area (Å²) >= 11 is 0. The van der Waals surface area contributed by atoms with Crippen molar-refractivity contribution in [2.45, 2.75) is 52.0 Å². The van der Waals surface area contributed by atoms with Gasteiger partial charge in [0.15, 0.2) is 0 Å². The van der Waals surface area contributed by atoms with Crippen LogP contribution >= 0.6 is 0 Å². The van der Waals surface area contributed by atoms with Crippen LogP contribution in [0.15, 0.2) is 0 Å². The van der Waals surface area contributed by atoms with Gasteiger partial charge in [-0.05, 0) is 39.7 Å². The number of rotatable bonds is 5. The monoisotopic (exact) mass is 270 g/mol. The van der Waals surface area contributed by atoms with Crippen molar-refractivity contribution in [2.24, 2.45) is 5.41 Å². The van der Waals surface area contributed by atoms with E-state index in [0.29, 0.717) is 6.54 Å². The van der Waals surface area contributed by atoms with Crippen LogP contribution in [0.2, 0.25) is 0 Å². The Morgan fingerprint density at radius 3 is 2.47 bits per heavy atom. The van der Waals surface area contributed by atoms with Crippen molar-refractivity contribution >= 4 is 11.9 Å². The predicted octanol–water partition coefficient (Wildman–Crippen LogP) is 1.48. The van der Waals surface area contributed by atoms with Crippen molar-refractivity contribution < 1.29 is 14.7 Å². The van der Waals surface area contributed by atoms with E-state index in [4.69, 9.17) is 0 Å². The van der Waals surface area contributed by atoms with Gasteiger partial charge < -0.3 is 15.3 Å². The molecule has 1 aliphatic heterocycles. The summed E-state index contributed by atoms with van der Waals surface area (Å²) in [6, 6.07) is 0. The molecule has 1 amide bonds. The highest BCUT2D eigenvalue weighted by Gasteiger charge is 2.45. The van der Waals surface area contributed by atoms with Crippen LogP contribution in [0.1, 0.15) is 46.5 Å². The number of carboxylic acids is 1. The average Bonchev–Trinajstić information content (AvgIpc) is 2.38. The van der Waals surface area contributed by atoms with Crippen molar-refractivity contribution in [3.8, 4) is 0 Å². The largest absolute Gasteiger partial charge is 0.480 e. The van der Waals surface area contributed by atoms with E-state index in [1.54, 1.807) is 20.9 Å². The molecule has 1 heterocycles. The zero-order valence-corrected chi connectivity index (χ0v) is 12.5. The van der Waals surface area contributed by atoms with E-state index in [2.05, 4.69) is 12.2 Å². The highest BCUT2D eigenvalue weighted by atomic mass is 16.4. The van der Waals surface area contributed by atoms with Crippen LogP contribution in [0, 0.1) is 5.41 Å². The van der Waals surface area contributed by atoms with Crippen molar-refractivity contribution in [1.82, 2.24) is 10.2 Å². The molecule has 1 saturated heterocycles. The predicted molar refractivity (Wildman–Crippen MR) is 73.9 cm³/mol. The number of carboxylic acid groups (broad SMARTS) is 1. The number of carbonyl (C=O) groups is 2. The third-order valence-corrected chi connectivity index (χ3v) is 4.32. The Balaban J connectivity index is 2.97. The topological polar surface area (TPSA) is 69.6 Å². The standard InChI is InChI=1S/C14H26N2O3/c1-5-7-14(8-6-9-15-10-14)11(17)16(4)13(2,3)12(18)19/h15H,5-10H2,1-4H3,(H,18,19). The van der Waals surface area contributed by atoms with E-state index in [1.807, 2.05) is 0 Å². The van der Waals surface area contributed by atoms with Gasteiger partial charge in [-0.25, -0.2) is 4.79 Å². The highest BCUT2D eigenvalue weighted by molar-refractivity contribution is 5.89. The van der Waals surface area contributed by atoms with Crippen LogP contribution in [0.25, 0.3) is 0 Å². The second-order valence-corrected chi connectivity index (χ2v) is 6.04. The lowest BCUT2D eigenvalue weighted by atomic mass is 9.75. The molecule has 1 atom stereocenters. The normalized spacial score (nSPS) is 24.0. The first-order valence-electron chi connectivity index (χ1n) is 7.00. The fourth-order valence-corrected chi connectivity index (χ4v) is 2.70. The van der Waals surface area contributed by atoms with E-state index in [1.165, 1.54) is 4.90 Å². The summed E-state index contributed by atoms with van der Waals surface area (Å²) in [4.78, 5) is 25.5. The smallest absolute Gasteiger partial charge is 0.329 e. The number of nitrogens with one attached hydrogen (secondary N) is 1. The molecule has 0 bridgehead atoms. The van der Waals surface area contributed by atoms with E-state index in [0.717, 1.165) is 32.2 Å². The number of piperidine rings is 1. The van der Waals surface area contributed by atoms with Crippen LogP contribution in [0.4, 0.5) is 0 Å². The highest BCUT2D eigenvalue weighted by Crippen LogP contribution is 2.35. The summed E-state index contributed by atoms with van der Waals surface area (Å²) in [6.07, 6.45) is 3.54. The molecule has 0 saturated carbocycles. The van der Waals surface area contributed by atoms with Gasteiger partial charge in [-0.1, -0.05) is 13.3 Å². The Kier molecular flexibility index (Phi) is 4.96. The molecular formula is C14H26N2O3. The van der Waals surface area contributed by atoms with Crippen LogP contribution in [-0.4, -0.2) is 47.6 Å². The fourth-order valence-electron chi connectivity index (χ4n) is 2.70. The number of amides is 1. The average molecular weight is 270 g/mol. The van der Waals surface area contributed by atoms with Gasteiger partial charge in [-0.3, -0.25) is 4.79 Å². The number of likely N-dealkylation sites (N-methyl/N-ethyl adjacent to an activating group) is 1. The zero-order chi connectivity index (χ0) is 14.7. The lowest BCUT2D eigenvalue weighted by Crippen LogP contribution is -2.58. The number of aliphatic carboxylic acids is 1. The van der Waals surface area contributed by atoms with Gasteiger partial charge in [0.1, 0.15) is 5.54 Å². The molecule has 1 rings (SSSR count). The molecule has 0 spiro atoms. The van der Waals surface area contributed by atoms with Crippen LogP contribution < -0.4 is 5.32 Å². The number of hydrogen-bond acceptors (Lipinski definition) is 3. The minimum absolute atomic E-state index is 0.0473. The zero-order valence-electron chi connectivity index (χ0n) is 12.5. The summed E-state index contributed by atoms with van der Waals surface area (Å²) in [5.41, 5.74) is -1.61. The molecule has 0 aromatic heterocycles.